The number of nitro groups is 1. The molecule has 0 radical (unpaired) electrons. The van der Waals surface area contributed by atoms with Crippen molar-refractivity contribution >= 4 is 28.6 Å². The van der Waals surface area contributed by atoms with E-state index in [4.69, 9.17) is 12.2 Å². The molecule has 18 heavy (non-hydrogen) atoms. The fourth-order valence-electron chi connectivity index (χ4n) is 1.23. The van der Waals surface area contributed by atoms with E-state index in [2.05, 4.69) is 15.1 Å². The van der Waals surface area contributed by atoms with E-state index in [0.29, 0.717) is 15.7 Å². The number of nitrogens with zero attached hydrogens (tertiary/aromatic N) is 4. The quantitative estimate of drug-likeness (QED) is 0.520. The van der Waals surface area contributed by atoms with Gasteiger partial charge in [0.1, 0.15) is 12.0 Å². The summed E-state index contributed by atoms with van der Waals surface area (Å²) in [4.78, 5) is 18.3. The maximum absolute atomic E-state index is 10.6. The summed E-state index contributed by atoms with van der Waals surface area (Å²) in [5.74, 6) is 0.713. The fraction of sp³-hybridized carbons (Fsp3) is 0.444. The molecule has 0 aliphatic carbocycles. The van der Waals surface area contributed by atoms with Gasteiger partial charge in [-0.2, -0.15) is 4.68 Å². The van der Waals surface area contributed by atoms with Crippen LogP contribution in [0.25, 0.3) is 5.13 Å². The van der Waals surface area contributed by atoms with Gasteiger partial charge in [-0.15, -0.1) is 0 Å². The molecule has 0 atom stereocenters. The van der Waals surface area contributed by atoms with Gasteiger partial charge in [-0.1, -0.05) is 20.8 Å². The highest BCUT2D eigenvalue weighted by Crippen LogP contribution is 2.25. The Balaban J connectivity index is 2.48. The molecular weight excluding hydrogens is 274 g/mol. The molecule has 0 aromatic carbocycles. The molecular formula is C9H11N5O2S2. The van der Waals surface area contributed by atoms with Crippen LogP contribution in [0.1, 0.15) is 26.6 Å². The van der Waals surface area contributed by atoms with Crippen molar-refractivity contribution in [2.45, 2.75) is 26.2 Å². The van der Waals surface area contributed by atoms with Crippen LogP contribution < -0.4 is 0 Å². The van der Waals surface area contributed by atoms with Crippen LogP contribution in [0.15, 0.2) is 6.20 Å². The van der Waals surface area contributed by atoms with E-state index >= 15 is 0 Å². The Hall–Kier alpha value is -1.61. The van der Waals surface area contributed by atoms with E-state index in [1.807, 2.05) is 20.8 Å². The third-order valence-corrected chi connectivity index (χ3v) is 3.39. The number of H-pyrrole nitrogens is 1. The standard InChI is InChI=1S/C9H11N5O2S2/c1-9(2,3)6-11-7(17)13(12-6)8-10-4-5(18-8)14(15)16/h4H,1-3H3,(H,11,12,17). The molecule has 2 heterocycles. The summed E-state index contributed by atoms with van der Waals surface area (Å²) in [5, 5.41) is 14.0. The molecule has 0 fully saturated rings. The second kappa shape index (κ2) is 4.25. The van der Waals surface area contributed by atoms with Crippen molar-refractivity contribution in [1.29, 1.82) is 0 Å². The van der Waals surface area contributed by atoms with Gasteiger partial charge < -0.3 is 0 Å². The Labute approximate surface area is 112 Å². The number of aromatic nitrogens is 4. The first kappa shape index (κ1) is 12.8. The highest BCUT2D eigenvalue weighted by atomic mass is 32.1. The Kier molecular flexibility index (Phi) is 3.03. The molecule has 96 valence electrons. The SMILES string of the molecule is CC(C)(C)c1nc(=S)n(-c2ncc([N+](=O)[O-])s2)[nH]1. The molecule has 0 spiro atoms. The molecule has 7 nitrogen and oxygen atoms in total. The maximum atomic E-state index is 10.6. The van der Waals surface area contributed by atoms with Crippen molar-refractivity contribution in [3.05, 3.63) is 26.9 Å². The van der Waals surface area contributed by atoms with E-state index < -0.39 is 4.92 Å². The highest BCUT2D eigenvalue weighted by molar-refractivity contribution is 7.71. The number of hydrogen-bond donors (Lipinski definition) is 1. The van der Waals surface area contributed by atoms with Gasteiger partial charge in [-0.05, 0) is 23.6 Å². The first-order valence-electron chi connectivity index (χ1n) is 5.09. The zero-order chi connectivity index (χ0) is 13.5. The maximum Gasteiger partial charge on any atom is 0.345 e. The van der Waals surface area contributed by atoms with Gasteiger partial charge >= 0.3 is 5.00 Å². The smallest absolute Gasteiger partial charge is 0.276 e. The topological polar surface area (TPSA) is 89.6 Å². The second-order valence-electron chi connectivity index (χ2n) is 4.68. The van der Waals surface area contributed by atoms with Gasteiger partial charge in [0, 0.05) is 5.41 Å². The molecule has 0 unspecified atom stereocenters. The molecule has 0 saturated heterocycles. The van der Waals surface area contributed by atoms with Gasteiger partial charge in [-0.3, -0.25) is 15.2 Å². The predicted molar refractivity (Wildman–Crippen MR) is 69.8 cm³/mol. The normalized spacial score (nSPS) is 11.7. The number of aromatic amines is 1. The van der Waals surface area contributed by atoms with Crippen LogP contribution in [0.4, 0.5) is 5.00 Å². The summed E-state index contributed by atoms with van der Waals surface area (Å²) in [7, 11) is 0. The lowest BCUT2D eigenvalue weighted by Crippen LogP contribution is -2.14. The van der Waals surface area contributed by atoms with Crippen LogP contribution in [0.3, 0.4) is 0 Å². The summed E-state index contributed by atoms with van der Waals surface area (Å²) in [6.45, 7) is 5.99. The number of hydrogen-bond acceptors (Lipinski definition) is 6. The Morgan fingerprint density at radius 1 is 1.56 bits per heavy atom. The minimum Gasteiger partial charge on any atom is -0.276 e. The molecule has 2 rings (SSSR count). The van der Waals surface area contributed by atoms with Gasteiger partial charge in [0.2, 0.25) is 9.90 Å². The van der Waals surface area contributed by atoms with Gasteiger partial charge in [-0.25, -0.2) is 9.97 Å². The molecule has 0 bridgehead atoms. The van der Waals surface area contributed by atoms with Gasteiger partial charge in [0.15, 0.2) is 0 Å². The van der Waals surface area contributed by atoms with Crippen LogP contribution in [-0.2, 0) is 5.41 Å². The number of thiazole rings is 1. The summed E-state index contributed by atoms with van der Waals surface area (Å²) in [5.41, 5.74) is -0.179. The van der Waals surface area contributed by atoms with Gasteiger partial charge in [0.25, 0.3) is 0 Å². The Bertz CT molecular complexity index is 648. The van der Waals surface area contributed by atoms with E-state index in [0.717, 1.165) is 11.3 Å². The molecule has 0 saturated carbocycles. The minimum absolute atomic E-state index is 0.0289. The van der Waals surface area contributed by atoms with Crippen LogP contribution >= 0.6 is 23.6 Å². The van der Waals surface area contributed by atoms with E-state index in [1.54, 1.807) is 0 Å². The molecule has 2 aromatic rings. The van der Waals surface area contributed by atoms with Crippen LogP contribution in [0.2, 0.25) is 0 Å². The number of rotatable bonds is 2. The van der Waals surface area contributed by atoms with Crippen molar-refractivity contribution in [3.8, 4) is 5.13 Å². The van der Waals surface area contributed by atoms with Crippen LogP contribution in [0, 0.1) is 14.9 Å². The lowest BCUT2D eigenvalue weighted by Gasteiger charge is -2.13. The minimum atomic E-state index is -0.480. The molecule has 0 aliphatic heterocycles. The Morgan fingerprint density at radius 2 is 2.22 bits per heavy atom. The highest BCUT2D eigenvalue weighted by Gasteiger charge is 2.20. The summed E-state index contributed by atoms with van der Waals surface area (Å²) >= 11 is 6.06. The third kappa shape index (κ3) is 2.31. The monoisotopic (exact) mass is 285 g/mol. The van der Waals surface area contributed by atoms with Crippen LogP contribution in [-0.4, -0.2) is 24.7 Å². The van der Waals surface area contributed by atoms with Crippen molar-refractivity contribution in [2.75, 3.05) is 0 Å². The molecule has 0 aliphatic rings. The van der Waals surface area contributed by atoms with Crippen LogP contribution in [0.5, 0.6) is 0 Å². The Morgan fingerprint density at radius 3 is 2.67 bits per heavy atom. The summed E-state index contributed by atoms with van der Waals surface area (Å²) in [6, 6.07) is 0. The second-order valence-corrected chi connectivity index (χ2v) is 6.03. The van der Waals surface area contributed by atoms with Crippen molar-refractivity contribution in [3.63, 3.8) is 0 Å². The summed E-state index contributed by atoms with van der Waals surface area (Å²) in [6.07, 6.45) is 1.21. The number of nitrogens with one attached hydrogen (secondary N) is 1. The van der Waals surface area contributed by atoms with E-state index in [9.17, 15) is 10.1 Å². The van der Waals surface area contributed by atoms with Crippen molar-refractivity contribution < 1.29 is 4.92 Å². The van der Waals surface area contributed by atoms with Crippen molar-refractivity contribution in [2.24, 2.45) is 0 Å². The van der Waals surface area contributed by atoms with Crippen molar-refractivity contribution in [1.82, 2.24) is 19.7 Å². The zero-order valence-electron chi connectivity index (χ0n) is 10.00. The average Bonchev–Trinajstić information content (AvgIpc) is 2.81. The van der Waals surface area contributed by atoms with Gasteiger partial charge in [0.05, 0.1) is 4.92 Å². The predicted octanol–water partition coefficient (Wildman–Crippen LogP) is 2.59. The fourth-order valence-corrected chi connectivity index (χ4v) is 2.21. The first-order chi connectivity index (χ1) is 8.29. The molecule has 2 aromatic heterocycles. The van der Waals surface area contributed by atoms with E-state index in [1.165, 1.54) is 10.9 Å². The molecule has 1 N–H and O–H groups in total. The van der Waals surface area contributed by atoms with E-state index in [-0.39, 0.29) is 10.4 Å². The largest absolute Gasteiger partial charge is 0.345 e. The summed E-state index contributed by atoms with van der Waals surface area (Å²) < 4.78 is 1.79. The first-order valence-corrected chi connectivity index (χ1v) is 6.31. The molecule has 9 heteroatoms. The zero-order valence-corrected chi connectivity index (χ0v) is 11.6. The lowest BCUT2D eigenvalue weighted by molar-refractivity contribution is -0.380. The third-order valence-electron chi connectivity index (χ3n) is 2.18. The lowest BCUT2D eigenvalue weighted by atomic mass is 9.96. The molecule has 0 amide bonds. The average molecular weight is 285 g/mol.